The van der Waals surface area contributed by atoms with Gasteiger partial charge in [-0.15, -0.1) is 0 Å². The average molecular weight is 453 g/mol. The van der Waals surface area contributed by atoms with E-state index < -0.39 is 16.9 Å². The van der Waals surface area contributed by atoms with E-state index in [4.69, 9.17) is 0 Å². The smallest absolute Gasteiger partial charge is 0.316 e. The van der Waals surface area contributed by atoms with E-state index in [0.29, 0.717) is 55.0 Å². The van der Waals surface area contributed by atoms with Gasteiger partial charge in [-0.2, -0.15) is 0 Å². The molecule has 1 aliphatic rings. The molecule has 4 rings (SSSR count). The number of aryl methyl sites for hydroxylation is 1. The quantitative estimate of drug-likeness (QED) is 0.566. The molecular formula is C23H24FN5O4. The predicted molar refractivity (Wildman–Crippen MR) is 122 cm³/mol. The highest BCUT2D eigenvalue weighted by molar-refractivity contribution is 5.97. The van der Waals surface area contributed by atoms with Crippen molar-refractivity contribution < 1.29 is 14.0 Å². The first-order valence-corrected chi connectivity index (χ1v) is 10.7. The summed E-state index contributed by atoms with van der Waals surface area (Å²) in [5, 5.41) is 2.67. The first-order valence-electron chi connectivity index (χ1n) is 10.7. The molecule has 10 heteroatoms. The van der Waals surface area contributed by atoms with E-state index in [0.717, 1.165) is 0 Å². The summed E-state index contributed by atoms with van der Waals surface area (Å²) >= 11 is 0. The summed E-state index contributed by atoms with van der Waals surface area (Å²) in [4.78, 5) is 55.3. The lowest BCUT2D eigenvalue weighted by molar-refractivity contribution is -0.117. The lowest BCUT2D eigenvalue weighted by Crippen LogP contribution is -2.50. The Morgan fingerprint density at radius 3 is 2.52 bits per heavy atom. The molecule has 1 fully saturated rings. The van der Waals surface area contributed by atoms with Gasteiger partial charge >= 0.3 is 11.1 Å². The largest absolute Gasteiger partial charge is 0.336 e. The second kappa shape index (κ2) is 9.37. The zero-order chi connectivity index (χ0) is 23.5. The van der Waals surface area contributed by atoms with Gasteiger partial charge in [0.1, 0.15) is 5.82 Å². The van der Waals surface area contributed by atoms with Crippen LogP contribution in [0.4, 0.5) is 10.1 Å². The minimum Gasteiger partial charge on any atom is -0.336 e. The van der Waals surface area contributed by atoms with E-state index in [9.17, 15) is 23.6 Å². The summed E-state index contributed by atoms with van der Waals surface area (Å²) in [5.74, 6) is -0.854. The maximum atomic E-state index is 13.3. The summed E-state index contributed by atoms with van der Waals surface area (Å²) in [6.45, 7) is 4.18. The molecule has 3 aromatic rings. The maximum absolute atomic E-state index is 13.3. The second-order valence-electron chi connectivity index (χ2n) is 7.86. The molecule has 0 unspecified atom stereocenters. The van der Waals surface area contributed by atoms with Crippen molar-refractivity contribution >= 4 is 28.5 Å². The van der Waals surface area contributed by atoms with Crippen molar-refractivity contribution in [3.63, 3.8) is 0 Å². The van der Waals surface area contributed by atoms with Crippen LogP contribution in [0.1, 0.15) is 17.3 Å². The Labute approximate surface area is 188 Å². The third-order valence-corrected chi connectivity index (χ3v) is 5.67. The second-order valence-corrected chi connectivity index (χ2v) is 7.86. The maximum Gasteiger partial charge on any atom is 0.316 e. The third-order valence-electron chi connectivity index (χ3n) is 5.67. The molecule has 0 bridgehead atoms. The zero-order valence-electron chi connectivity index (χ0n) is 18.1. The van der Waals surface area contributed by atoms with Crippen molar-refractivity contribution in [3.8, 4) is 0 Å². The van der Waals surface area contributed by atoms with Crippen LogP contribution in [0.15, 0.2) is 52.1 Å². The number of nitrogens with one attached hydrogen (secondary N) is 2. The minimum atomic E-state index is -0.723. The molecule has 2 aromatic carbocycles. The normalized spacial score (nSPS) is 14.4. The van der Waals surface area contributed by atoms with Gasteiger partial charge in [-0.25, -0.2) is 4.39 Å². The molecule has 0 saturated carbocycles. The van der Waals surface area contributed by atoms with E-state index in [1.807, 2.05) is 4.90 Å². The summed E-state index contributed by atoms with van der Waals surface area (Å²) in [6, 6.07) is 10.6. The van der Waals surface area contributed by atoms with Crippen LogP contribution in [-0.2, 0) is 11.3 Å². The molecule has 2 N–H and O–H groups in total. The number of aromatic nitrogens is 2. The number of aromatic amines is 1. The van der Waals surface area contributed by atoms with Gasteiger partial charge in [0.15, 0.2) is 0 Å². The molecule has 2 amide bonds. The molecule has 0 aliphatic carbocycles. The number of anilines is 1. The highest BCUT2D eigenvalue weighted by atomic mass is 19.1. The summed E-state index contributed by atoms with van der Waals surface area (Å²) in [6.07, 6.45) is 0. The monoisotopic (exact) mass is 453 g/mol. The van der Waals surface area contributed by atoms with Gasteiger partial charge < -0.3 is 19.8 Å². The molecule has 1 saturated heterocycles. The topological polar surface area (TPSA) is 108 Å². The van der Waals surface area contributed by atoms with E-state index in [1.54, 1.807) is 36.1 Å². The SMILES string of the molecule is CCn1c(=O)c(=O)[nH]c2cc(C(=O)N3CCN(CC(=O)Nc4cccc(F)c4)CC3)ccc21. The van der Waals surface area contributed by atoms with Gasteiger partial charge in [-0.3, -0.25) is 24.1 Å². The Morgan fingerprint density at radius 1 is 1.06 bits per heavy atom. The molecule has 172 valence electrons. The summed E-state index contributed by atoms with van der Waals surface area (Å²) < 4.78 is 14.6. The van der Waals surface area contributed by atoms with Crippen molar-refractivity contribution in [2.24, 2.45) is 0 Å². The van der Waals surface area contributed by atoms with Crippen LogP contribution in [0, 0.1) is 5.82 Å². The zero-order valence-corrected chi connectivity index (χ0v) is 18.1. The van der Waals surface area contributed by atoms with Gasteiger partial charge in [-0.05, 0) is 43.3 Å². The number of amides is 2. The van der Waals surface area contributed by atoms with Crippen LogP contribution < -0.4 is 16.4 Å². The number of halogens is 1. The van der Waals surface area contributed by atoms with E-state index >= 15 is 0 Å². The summed E-state index contributed by atoms with van der Waals surface area (Å²) in [5.41, 5.74) is 0.460. The van der Waals surface area contributed by atoms with Gasteiger partial charge in [-0.1, -0.05) is 6.07 Å². The van der Waals surface area contributed by atoms with Crippen molar-refractivity contribution in [2.75, 3.05) is 38.0 Å². The highest BCUT2D eigenvalue weighted by Gasteiger charge is 2.24. The number of hydrogen-bond acceptors (Lipinski definition) is 5. The van der Waals surface area contributed by atoms with Gasteiger partial charge in [0.05, 0.1) is 17.6 Å². The van der Waals surface area contributed by atoms with Crippen molar-refractivity contribution in [1.29, 1.82) is 0 Å². The number of rotatable bonds is 5. The Balaban J connectivity index is 1.38. The number of fused-ring (bicyclic) bond motifs is 1. The molecule has 1 aromatic heterocycles. The van der Waals surface area contributed by atoms with Crippen LogP contribution in [-0.4, -0.2) is 63.9 Å². The lowest BCUT2D eigenvalue weighted by Gasteiger charge is -2.34. The molecular weight excluding hydrogens is 429 g/mol. The molecule has 9 nitrogen and oxygen atoms in total. The lowest BCUT2D eigenvalue weighted by atomic mass is 10.1. The Hall–Kier alpha value is -3.79. The number of hydrogen-bond donors (Lipinski definition) is 2. The fourth-order valence-electron chi connectivity index (χ4n) is 3.99. The summed E-state index contributed by atoms with van der Waals surface area (Å²) in [7, 11) is 0. The Bertz CT molecular complexity index is 1320. The van der Waals surface area contributed by atoms with E-state index in [-0.39, 0.29) is 18.4 Å². The van der Waals surface area contributed by atoms with Crippen LogP contribution in [0.2, 0.25) is 0 Å². The molecule has 0 spiro atoms. The number of nitrogens with zero attached hydrogens (tertiary/aromatic N) is 3. The van der Waals surface area contributed by atoms with Crippen LogP contribution in [0.3, 0.4) is 0 Å². The molecule has 0 atom stereocenters. The Morgan fingerprint density at radius 2 is 1.82 bits per heavy atom. The van der Waals surface area contributed by atoms with Gasteiger partial charge in [0.2, 0.25) is 5.91 Å². The standard InChI is InChI=1S/C23H24FN5O4/c1-2-29-19-7-6-15(12-18(19)26-21(31)23(29)33)22(32)28-10-8-27(9-11-28)14-20(30)25-17-5-3-4-16(24)13-17/h3-7,12-13H,2,8-11,14H2,1H3,(H,25,30)(H,26,31). The van der Waals surface area contributed by atoms with Gasteiger partial charge in [0.25, 0.3) is 5.91 Å². The van der Waals surface area contributed by atoms with Crippen molar-refractivity contribution in [3.05, 3.63) is 74.6 Å². The third kappa shape index (κ3) is 4.85. The van der Waals surface area contributed by atoms with Crippen LogP contribution in [0.25, 0.3) is 11.0 Å². The molecule has 2 heterocycles. The number of H-pyrrole nitrogens is 1. The molecule has 0 radical (unpaired) electrons. The predicted octanol–water partition coefficient (Wildman–Crippen LogP) is 1.25. The fourth-order valence-corrected chi connectivity index (χ4v) is 3.99. The number of carbonyl (C=O) groups is 2. The fraction of sp³-hybridized carbons (Fsp3) is 0.304. The van der Waals surface area contributed by atoms with E-state index in [2.05, 4.69) is 10.3 Å². The van der Waals surface area contributed by atoms with Crippen molar-refractivity contribution in [2.45, 2.75) is 13.5 Å². The Kier molecular flexibility index (Phi) is 6.36. The number of piperazine rings is 1. The average Bonchev–Trinajstić information content (AvgIpc) is 2.79. The number of benzene rings is 2. The van der Waals surface area contributed by atoms with Gasteiger partial charge in [0, 0.05) is 44.0 Å². The van der Waals surface area contributed by atoms with E-state index in [1.165, 1.54) is 22.8 Å². The molecule has 33 heavy (non-hydrogen) atoms. The molecule has 1 aliphatic heterocycles. The first kappa shape index (κ1) is 22.4. The van der Waals surface area contributed by atoms with Crippen LogP contribution >= 0.6 is 0 Å². The van der Waals surface area contributed by atoms with Crippen LogP contribution in [0.5, 0.6) is 0 Å². The minimum absolute atomic E-state index is 0.143. The number of carbonyl (C=O) groups excluding carboxylic acids is 2. The van der Waals surface area contributed by atoms with Crippen molar-refractivity contribution in [1.82, 2.24) is 19.4 Å². The first-order chi connectivity index (χ1) is 15.9. The highest BCUT2D eigenvalue weighted by Crippen LogP contribution is 2.15.